The van der Waals surface area contributed by atoms with Gasteiger partial charge in [-0.25, -0.2) is 0 Å². The third kappa shape index (κ3) is 6.74. The number of fused-ring (bicyclic) bond motifs is 5. The van der Waals surface area contributed by atoms with Crippen LogP contribution in [0, 0.1) is 19.1 Å². The molecule has 3 heterocycles. The van der Waals surface area contributed by atoms with Gasteiger partial charge in [0, 0.05) is 32.4 Å². The first kappa shape index (κ1) is 30.9. The van der Waals surface area contributed by atoms with Crippen LogP contribution in [0.2, 0.25) is 17.3 Å². The summed E-state index contributed by atoms with van der Waals surface area (Å²) in [6.45, 7) is 5.96. The second-order valence-corrected chi connectivity index (χ2v) is 23.9. The van der Waals surface area contributed by atoms with E-state index in [4.69, 9.17) is 1.37 Å². The van der Waals surface area contributed by atoms with E-state index in [1.807, 2.05) is 73.8 Å². The molecule has 0 aliphatic rings. The van der Waals surface area contributed by atoms with E-state index in [1.54, 1.807) is 6.20 Å². The molecule has 4 aromatic carbocycles. The van der Waals surface area contributed by atoms with Crippen LogP contribution in [0.25, 0.3) is 53.5 Å². The number of pyridine rings is 2. The van der Waals surface area contributed by atoms with Gasteiger partial charge in [-0.05, 0) is 45.4 Å². The first-order valence-corrected chi connectivity index (χ1v) is 22.8. The van der Waals surface area contributed by atoms with Crippen molar-refractivity contribution >= 4 is 59.9 Å². The Morgan fingerprint density at radius 2 is 1.57 bits per heavy atom. The topological polar surface area (TPSA) is 25.8 Å². The van der Waals surface area contributed by atoms with Crippen molar-refractivity contribution in [3.63, 3.8) is 0 Å². The van der Waals surface area contributed by atoms with E-state index in [2.05, 4.69) is 94.8 Å². The molecule has 223 valence electrons. The molecular weight excluding hydrogens is 793 g/mol. The average Bonchev–Trinajstić information content (AvgIpc) is 3.41. The number of thiophene rings is 1. The summed E-state index contributed by atoms with van der Waals surface area (Å²) >= 11 is 0.101. The Kier molecular flexibility index (Phi) is 9.44. The molecule has 0 atom stereocenters. The monoisotopic (exact) mass is 832 g/mol. The fourth-order valence-electron chi connectivity index (χ4n) is 5.25. The maximum Gasteiger partial charge on any atom is 0 e. The van der Waals surface area contributed by atoms with Crippen molar-refractivity contribution in [3.8, 4) is 22.5 Å². The zero-order valence-corrected chi connectivity index (χ0v) is 31.3. The molecule has 1 radical (unpaired) electrons. The van der Waals surface area contributed by atoms with E-state index in [1.165, 1.54) is 40.9 Å². The van der Waals surface area contributed by atoms with Crippen LogP contribution >= 0.6 is 11.3 Å². The maximum absolute atomic E-state index is 8.36. The van der Waals surface area contributed by atoms with Crippen molar-refractivity contribution in [1.82, 2.24) is 9.97 Å². The fourth-order valence-corrected chi connectivity index (χ4v) is 8.75. The minimum atomic E-state index is -1.72. The van der Waals surface area contributed by atoms with Crippen molar-refractivity contribution in [2.75, 3.05) is 0 Å². The van der Waals surface area contributed by atoms with Crippen molar-refractivity contribution in [2.24, 2.45) is 0 Å². The molecule has 0 aliphatic heterocycles. The average molecular weight is 831 g/mol. The van der Waals surface area contributed by atoms with E-state index in [-0.39, 0.29) is 20.1 Å². The summed E-state index contributed by atoms with van der Waals surface area (Å²) < 4.78 is 12.3. The summed E-state index contributed by atoms with van der Waals surface area (Å²) in [6, 6.07) is 38.1. The molecule has 0 unspecified atom stereocenters. The van der Waals surface area contributed by atoms with Crippen LogP contribution in [0.1, 0.15) is 32.2 Å². The molecule has 0 fully saturated rings. The van der Waals surface area contributed by atoms with E-state index in [9.17, 15) is 0 Å². The van der Waals surface area contributed by atoms with Crippen molar-refractivity contribution in [1.29, 1.82) is 0 Å². The minimum Gasteiger partial charge on any atom is 0 e. The van der Waals surface area contributed by atoms with Gasteiger partial charge in [0.25, 0.3) is 0 Å². The zero-order chi connectivity index (χ0) is 31.1. The van der Waals surface area contributed by atoms with Gasteiger partial charge in [-0.15, -0.1) is 23.8 Å². The zero-order valence-electron chi connectivity index (χ0n) is 27.0. The van der Waals surface area contributed by atoms with Gasteiger partial charge in [-0.2, -0.15) is 11.3 Å². The maximum atomic E-state index is 8.36. The van der Waals surface area contributed by atoms with Crippen molar-refractivity contribution in [2.45, 2.75) is 43.9 Å². The predicted octanol–water partition coefficient (Wildman–Crippen LogP) is 10.6. The number of benzene rings is 4. The number of hydrogen-bond acceptors (Lipinski definition) is 3. The Morgan fingerprint density at radius 1 is 0.773 bits per heavy atom. The second kappa shape index (κ2) is 13.5. The number of nitrogens with zero attached hydrogens (tertiary/aromatic N) is 2. The van der Waals surface area contributed by atoms with E-state index in [0.29, 0.717) is 0 Å². The second-order valence-electron chi connectivity index (χ2n) is 12.3. The summed E-state index contributed by atoms with van der Waals surface area (Å²) in [5.41, 5.74) is 6.22. The molecule has 0 spiro atoms. The molecule has 2 nitrogen and oxygen atoms in total. The Labute approximate surface area is 282 Å². The quantitative estimate of drug-likeness (QED) is 0.130. The SMILES string of the molecule is [2H]C(C)(C)c1ccnc(-c2[c-]ccc3c2sc2c4cc(C)ccc4ccc32)c1.[CH3][Ge]([CH3])([CH3])[c]1ccc(-c2[c-]cccc2)nc1.[Ir]. The summed E-state index contributed by atoms with van der Waals surface area (Å²) in [4.78, 5) is 9.14. The van der Waals surface area contributed by atoms with Gasteiger partial charge in [0.2, 0.25) is 0 Å². The van der Waals surface area contributed by atoms with Crippen LogP contribution in [0.15, 0.2) is 103 Å². The van der Waals surface area contributed by atoms with Crippen molar-refractivity contribution < 1.29 is 21.5 Å². The largest absolute Gasteiger partial charge is 0 e. The fraction of sp³-hybridized carbons (Fsp3) is 0.179. The molecular formula is C39H36GeIrN2S-2. The first-order chi connectivity index (χ1) is 21.0. The van der Waals surface area contributed by atoms with Gasteiger partial charge in [0.15, 0.2) is 0 Å². The molecule has 0 saturated carbocycles. The van der Waals surface area contributed by atoms with Crippen LogP contribution in [-0.4, -0.2) is 23.2 Å². The Morgan fingerprint density at radius 3 is 2.27 bits per heavy atom. The molecule has 5 heteroatoms. The third-order valence-corrected chi connectivity index (χ3v) is 13.3. The molecule has 3 aromatic heterocycles. The van der Waals surface area contributed by atoms with Gasteiger partial charge in [-0.3, -0.25) is 0 Å². The normalized spacial score (nSPS) is 12.0. The summed E-state index contributed by atoms with van der Waals surface area (Å²) in [5, 5.41) is 5.10. The smallest absolute Gasteiger partial charge is 0 e. The molecule has 7 rings (SSSR count). The standard InChI is InChI=1S/C25H20NS.C14H16GeN.Ir/c1-15(2)18-11-12-26-23(14-18)21-6-4-5-19-20-10-9-17-8-7-16(3)13-22(17)25(20)27-24(19)21;1-15(2,3)13-9-10-14(16-11-13)12-7-5-4-6-8-12;/h4-5,7-15H,1-3H3;4-7,9-11H,1-3H3;/q2*-1;/i15D;;. The molecule has 0 N–H and O–H groups in total. The summed E-state index contributed by atoms with van der Waals surface area (Å²) in [7, 11) is 0. The molecule has 7 aromatic rings. The number of hydrogen-bond donors (Lipinski definition) is 0. The van der Waals surface area contributed by atoms with Gasteiger partial charge in [0.05, 0.1) is 0 Å². The predicted molar refractivity (Wildman–Crippen MR) is 189 cm³/mol. The van der Waals surface area contributed by atoms with Crippen LogP contribution in [0.4, 0.5) is 0 Å². The summed E-state index contributed by atoms with van der Waals surface area (Å²) in [6.07, 6.45) is 3.84. The van der Waals surface area contributed by atoms with E-state index >= 15 is 0 Å². The molecule has 0 aliphatic carbocycles. The van der Waals surface area contributed by atoms with Gasteiger partial charge in [0.1, 0.15) is 0 Å². The van der Waals surface area contributed by atoms with Gasteiger partial charge in [-0.1, -0.05) is 66.8 Å². The van der Waals surface area contributed by atoms with Crippen molar-refractivity contribution in [3.05, 3.63) is 127 Å². The molecule has 0 amide bonds. The Bertz CT molecular complexity index is 2090. The number of aromatic nitrogens is 2. The van der Waals surface area contributed by atoms with E-state index < -0.39 is 19.2 Å². The number of rotatable bonds is 4. The Balaban J connectivity index is 0.000000202. The Hall–Kier alpha value is -3.15. The molecule has 0 saturated heterocycles. The van der Waals surface area contributed by atoms with Gasteiger partial charge >= 0.3 is 99.8 Å². The van der Waals surface area contributed by atoms with E-state index in [0.717, 1.165) is 28.1 Å². The van der Waals surface area contributed by atoms with Crippen LogP contribution in [-0.2, 0) is 20.1 Å². The molecule has 0 bridgehead atoms. The number of aryl methyl sites for hydroxylation is 1. The summed E-state index contributed by atoms with van der Waals surface area (Å²) in [5.74, 6) is 6.49. The molecule has 44 heavy (non-hydrogen) atoms. The van der Waals surface area contributed by atoms with Gasteiger partial charge < -0.3 is 4.98 Å². The first-order valence-electron chi connectivity index (χ1n) is 15.2. The van der Waals surface area contributed by atoms with Crippen LogP contribution in [0.3, 0.4) is 0 Å². The van der Waals surface area contributed by atoms with Crippen LogP contribution in [0.5, 0.6) is 0 Å². The minimum absolute atomic E-state index is 0. The van der Waals surface area contributed by atoms with Crippen LogP contribution < -0.4 is 4.40 Å². The third-order valence-electron chi connectivity index (χ3n) is 7.78.